The van der Waals surface area contributed by atoms with Crippen molar-refractivity contribution in [3.8, 4) is 0 Å². The fourth-order valence-electron chi connectivity index (χ4n) is 2.68. The molecule has 1 aliphatic heterocycles. The number of imidazole rings is 1. The zero-order valence-corrected chi connectivity index (χ0v) is 13.7. The molecule has 8 heteroatoms. The molecule has 7 nitrogen and oxygen atoms in total. The number of carbonyl (C=O) groups is 1. The van der Waals surface area contributed by atoms with Gasteiger partial charge in [-0.1, -0.05) is 0 Å². The van der Waals surface area contributed by atoms with Crippen molar-refractivity contribution in [2.75, 3.05) is 18.9 Å². The molecule has 0 saturated carbocycles. The van der Waals surface area contributed by atoms with Crippen LogP contribution in [0.15, 0.2) is 17.0 Å². The average molecular weight is 369 g/mol. The third kappa shape index (κ3) is 2.93. The molecular formula is C14H17BrN4O3. The monoisotopic (exact) mass is 368 g/mol. The number of nitrogens with two attached hydrogens (primary N) is 1. The van der Waals surface area contributed by atoms with Crippen molar-refractivity contribution in [1.29, 1.82) is 0 Å². The van der Waals surface area contributed by atoms with E-state index in [1.807, 2.05) is 10.6 Å². The molecule has 2 aromatic heterocycles. The number of hydrogen-bond acceptors (Lipinski definition) is 6. The molecule has 1 aliphatic rings. The number of ether oxygens (including phenoxy) is 2. The number of halogens is 1. The van der Waals surface area contributed by atoms with E-state index in [0.29, 0.717) is 23.6 Å². The molecule has 1 fully saturated rings. The lowest BCUT2D eigenvalue weighted by molar-refractivity contribution is -0.146. The fourth-order valence-corrected chi connectivity index (χ4v) is 3.26. The smallest absolute Gasteiger partial charge is 0.302 e. The number of nitrogen functional groups attached to an aromatic ring is 1. The van der Waals surface area contributed by atoms with Crippen LogP contribution in [0, 0.1) is 0 Å². The van der Waals surface area contributed by atoms with E-state index in [1.54, 1.807) is 6.20 Å². The molecule has 1 saturated heterocycles. The molecule has 0 aliphatic carbocycles. The van der Waals surface area contributed by atoms with Crippen LogP contribution in [0.5, 0.6) is 0 Å². The topological polar surface area (TPSA) is 91.7 Å². The van der Waals surface area contributed by atoms with E-state index < -0.39 is 0 Å². The maximum atomic E-state index is 10.8. The van der Waals surface area contributed by atoms with Gasteiger partial charge in [-0.05, 0) is 28.8 Å². The number of nitrogens with zero attached hydrogens (tertiary/aromatic N) is 3. The molecule has 0 amide bonds. The van der Waals surface area contributed by atoms with Crippen LogP contribution in [-0.2, 0) is 14.3 Å². The van der Waals surface area contributed by atoms with Gasteiger partial charge in [-0.15, -0.1) is 0 Å². The van der Waals surface area contributed by atoms with Crippen molar-refractivity contribution in [2.45, 2.75) is 31.8 Å². The van der Waals surface area contributed by atoms with Gasteiger partial charge in [0.25, 0.3) is 0 Å². The van der Waals surface area contributed by atoms with Gasteiger partial charge in [-0.2, -0.15) is 0 Å². The van der Waals surface area contributed by atoms with Crippen molar-refractivity contribution in [1.82, 2.24) is 14.4 Å². The summed E-state index contributed by atoms with van der Waals surface area (Å²) in [5.74, 6) is 1.24. The van der Waals surface area contributed by atoms with Gasteiger partial charge in [0.2, 0.25) is 0 Å². The van der Waals surface area contributed by atoms with Crippen molar-refractivity contribution >= 4 is 33.2 Å². The number of hydrogen-bond donors (Lipinski definition) is 1. The molecule has 2 atom stereocenters. The molecule has 3 heterocycles. The van der Waals surface area contributed by atoms with Crippen LogP contribution >= 0.6 is 15.9 Å². The number of esters is 1. The Balaban J connectivity index is 1.74. The second kappa shape index (κ2) is 6.21. The fraction of sp³-hybridized carbons (Fsp3) is 0.500. The van der Waals surface area contributed by atoms with Gasteiger partial charge in [0.1, 0.15) is 22.6 Å². The van der Waals surface area contributed by atoms with E-state index >= 15 is 0 Å². The van der Waals surface area contributed by atoms with E-state index in [4.69, 9.17) is 15.2 Å². The summed E-state index contributed by atoms with van der Waals surface area (Å²) in [4.78, 5) is 19.5. The van der Waals surface area contributed by atoms with Crippen LogP contribution < -0.4 is 5.73 Å². The Bertz CT molecular complexity index is 695. The molecule has 22 heavy (non-hydrogen) atoms. The Morgan fingerprint density at radius 3 is 3.09 bits per heavy atom. The third-order valence-corrected chi connectivity index (χ3v) is 4.33. The lowest BCUT2D eigenvalue weighted by Gasteiger charge is -2.28. The SMILES string of the molecule is CC(=O)OCC1CCC(c2nc(Br)c3c(N)nccn23)CO1. The predicted octanol–water partition coefficient (Wildman–Crippen LogP) is 1.90. The number of aromatic nitrogens is 3. The van der Waals surface area contributed by atoms with Crippen LogP contribution in [0.1, 0.15) is 31.5 Å². The van der Waals surface area contributed by atoms with Crippen LogP contribution in [0.25, 0.3) is 5.52 Å². The first-order chi connectivity index (χ1) is 10.6. The highest BCUT2D eigenvalue weighted by Gasteiger charge is 2.27. The van der Waals surface area contributed by atoms with Crippen molar-refractivity contribution in [3.63, 3.8) is 0 Å². The summed E-state index contributed by atoms with van der Waals surface area (Å²) in [5, 5.41) is 0. The minimum atomic E-state index is -0.281. The minimum Gasteiger partial charge on any atom is -0.463 e. The minimum absolute atomic E-state index is 0.0402. The van der Waals surface area contributed by atoms with Crippen molar-refractivity contribution in [2.24, 2.45) is 0 Å². The summed E-state index contributed by atoms with van der Waals surface area (Å²) in [6, 6.07) is 0. The third-order valence-electron chi connectivity index (χ3n) is 3.78. The summed E-state index contributed by atoms with van der Waals surface area (Å²) in [6.07, 6.45) is 5.21. The van der Waals surface area contributed by atoms with Gasteiger partial charge in [-0.3, -0.25) is 9.20 Å². The van der Waals surface area contributed by atoms with Crippen LogP contribution in [0.3, 0.4) is 0 Å². The lowest BCUT2D eigenvalue weighted by atomic mass is 9.98. The van der Waals surface area contributed by atoms with E-state index in [1.165, 1.54) is 6.92 Å². The van der Waals surface area contributed by atoms with Gasteiger partial charge in [0, 0.05) is 25.2 Å². The Kier molecular flexibility index (Phi) is 4.30. The van der Waals surface area contributed by atoms with E-state index in [2.05, 4.69) is 25.9 Å². The molecule has 0 aromatic carbocycles. The maximum Gasteiger partial charge on any atom is 0.302 e. The summed E-state index contributed by atoms with van der Waals surface area (Å²) >= 11 is 3.44. The Labute approximate surface area is 135 Å². The Morgan fingerprint density at radius 1 is 1.59 bits per heavy atom. The molecule has 2 aromatic rings. The molecular weight excluding hydrogens is 352 g/mol. The summed E-state index contributed by atoms with van der Waals surface area (Å²) in [5.41, 5.74) is 6.69. The first kappa shape index (κ1) is 15.2. The first-order valence-corrected chi connectivity index (χ1v) is 7.88. The molecule has 2 unspecified atom stereocenters. The molecule has 118 valence electrons. The second-order valence-electron chi connectivity index (χ2n) is 5.32. The van der Waals surface area contributed by atoms with Crippen LogP contribution in [-0.4, -0.2) is 39.7 Å². The van der Waals surface area contributed by atoms with Crippen LogP contribution in [0.2, 0.25) is 0 Å². The Morgan fingerprint density at radius 2 is 2.41 bits per heavy atom. The summed E-state index contributed by atoms with van der Waals surface area (Å²) < 4.78 is 13.4. The van der Waals surface area contributed by atoms with Gasteiger partial charge in [0.05, 0.1) is 12.7 Å². The predicted molar refractivity (Wildman–Crippen MR) is 83.4 cm³/mol. The zero-order valence-electron chi connectivity index (χ0n) is 12.2. The van der Waals surface area contributed by atoms with E-state index in [-0.39, 0.29) is 18.0 Å². The second-order valence-corrected chi connectivity index (χ2v) is 6.08. The molecule has 0 bridgehead atoms. The Hall–Kier alpha value is -1.67. The number of rotatable bonds is 3. The summed E-state index contributed by atoms with van der Waals surface area (Å²) in [7, 11) is 0. The molecule has 0 spiro atoms. The number of fused-ring (bicyclic) bond motifs is 1. The van der Waals surface area contributed by atoms with Gasteiger partial charge in [0.15, 0.2) is 5.82 Å². The number of carbonyl (C=O) groups excluding carboxylic acids is 1. The largest absolute Gasteiger partial charge is 0.463 e. The van der Waals surface area contributed by atoms with Gasteiger partial charge in [-0.25, -0.2) is 9.97 Å². The van der Waals surface area contributed by atoms with E-state index in [0.717, 1.165) is 24.2 Å². The van der Waals surface area contributed by atoms with Crippen molar-refractivity contribution in [3.05, 3.63) is 22.8 Å². The first-order valence-electron chi connectivity index (χ1n) is 7.09. The quantitative estimate of drug-likeness (QED) is 0.831. The highest BCUT2D eigenvalue weighted by Crippen LogP contribution is 2.32. The molecule has 2 N–H and O–H groups in total. The highest BCUT2D eigenvalue weighted by molar-refractivity contribution is 9.10. The van der Waals surface area contributed by atoms with Gasteiger partial charge >= 0.3 is 5.97 Å². The standard InChI is InChI=1S/C14H17BrN4O3/c1-8(20)21-7-10-3-2-9(6-22-10)14-18-12(15)11-13(16)17-4-5-19(11)14/h4-5,9-10H,2-3,6-7H2,1H3,(H2,16,17). The van der Waals surface area contributed by atoms with Crippen LogP contribution in [0.4, 0.5) is 5.82 Å². The normalized spacial score (nSPS) is 21.9. The summed E-state index contributed by atoms with van der Waals surface area (Å²) in [6.45, 7) is 2.25. The van der Waals surface area contributed by atoms with E-state index in [9.17, 15) is 4.79 Å². The maximum absolute atomic E-state index is 10.8. The number of anilines is 1. The zero-order chi connectivity index (χ0) is 15.7. The highest BCUT2D eigenvalue weighted by atomic mass is 79.9. The lowest BCUT2D eigenvalue weighted by Crippen LogP contribution is -2.30. The van der Waals surface area contributed by atoms with Gasteiger partial charge < -0.3 is 15.2 Å². The van der Waals surface area contributed by atoms with Crippen molar-refractivity contribution < 1.29 is 14.3 Å². The molecule has 3 rings (SSSR count). The molecule has 0 radical (unpaired) electrons. The average Bonchev–Trinajstić information content (AvgIpc) is 2.84.